The van der Waals surface area contributed by atoms with E-state index in [4.69, 9.17) is 9.97 Å². The summed E-state index contributed by atoms with van der Waals surface area (Å²) >= 11 is 0. The molecule has 0 radical (unpaired) electrons. The molecule has 1 aromatic heterocycles. The highest BCUT2D eigenvalue weighted by Crippen LogP contribution is 2.45. The smallest absolute Gasteiger partial charge is 0.160 e. The van der Waals surface area contributed by atoms with Crippen LogP contribution < -0.4 is 0 Å². The monoisotopic (exact) mass is 522 g/mol. The first kappa shape index (κ1) is 23.5. The van der Waals surface area contributed by atoms with Crippen molar-refractivity contribution < 1.29 is 0 Å². The minimum Gasteiger partial charge on any atom is -0.228 e. The van der Waals surface area contributed by atoms with E-state index in [0.29, 0.717) is 0 Å². The summed E-state index contributed by atoms with van der Waals surface area (Å²) in [5, 5.41) is 1.06. The lowest BCUT2D eigenvalue weighted by Crippen LogP contribution is -1.95. The molecule has 7 aromatic rings. The molecule has 0 amide bonds. The molecule has 41 heavy (non-hydrogen) atoms. The van der Waals surface area contributed by atoms with E-state index in [-0.39, 0.29) is 0 Å². The fourth-order valence-corrected chi connectivity index (χ4v) is 6.24. The van der Waals surface area contributed by atoms with Gasteiger partial charge in [0, 0.05) is 16.5 Å². The third-order valence-corrected chi connectivity index (χ3v) is 8.16. The molecule has 0 saturated carbocycles. The number of hydrogen-bond donors (Lipinski definition) is 0. The van der Waals surface area contributed by atoms with Crippen molar-refractivity contribution in [3.05, 3.63) is 157 Å². The summed E-state index contributed by atoms with van der Waals surface area (Å²) in [5.41, 5.74) is 14.5. The van der Waals surface area contributed by atoms with Crippen LogP contribution in [-0.4, -0.2) is 9.97 Å². The number of nitrogens with zero attached hydrogens (tertiary/aromatic N) is 2. The first-order valence-electron chi connectivity index (χ1n) is 14.1. The molecule has 0 bridgehead atoms. The van der Waals surface area contributed by atoms with Crippen LogP contribution in [0, 0.1) is 0 Å². The van der Waals surface area contributed by atoms with Crippen molar-refractivity contribution >= 4 is 10.9 Å². The standard InChI is InChI=1S/C39H26N2/c1-3-12-26(13-4-1)30-19-10-21-32-33-22-11-20-31(36(33)25-35(30)32)28-16-9-17-29(24-28)39-40-37-23-8-7-18-34(37)38(41-39)27-14-5-2-6-15-27/h1-24H,25H2. The number of fused-ring (bicyclic) bond motifs is 4. The van der Waals surface area contributed by atoms with Crippen LogP contribution in [0.1, 0.15) is 11.1 Å². The van der Waals surface area contributed by atoms with E-state index in [9.17, 15) is 0 Å². The van der Waals surface area contributed by atoms with E-state index in [1.54, 1.807) is 0 Å². The van der Waals surface area contributed by atoms with Crippen LogP contribution >= 0.6 is 0 Å². The zero-order chi connectivity index (χ0) is 27.2. The summed E-state index contributed by atoms with van der Waals surface area (Å²) in [6.45, 7) is 0. The van der Waals surface area contributed by atoms with E-state index in [1.165, 1.54) is 44.5 Å². The summed E-state index contributed by atoms with van der Waals surface area (Å²) in [6.07, 6.45) is 0.917. The topological polar surface area (TPSA) is 25.8 Å². The molecule has 8 rings (SSSR count). The zero-order valence-corrected chi connectivity index (χ0v) is 22.5. The van der Waals surface area contributed by atoms with Crippen molar-refractivity contribution in [2.24, 2.45) is 0 Å². The van der Waals surface area contributed by atoms with Crippen LogP contribution in [0.15, 0.2) is 146 Å². The lowest BCUT2D eigenvalue weighted by Gasteiger charge is -2.12. The van der Waals surface area contributed by atoms with E-state index >= 15 is 0 Å². The molecule has 1 aliphatic carbocycles. The molecular formula is C39H26N2. The van der Waals surface area contributed by atoms with Gasteiger partial charge in [0.25, 0.3) is 0 Å². The van der Waals surface area contributed by atoms with E-state index in [1.807, 2.05) is 12.1 Å². The average Bonchev–Trinajstić information content (AvgIpc) is 3.44. The molecule has 6 aromatic carbocycles. The second-order valence-electron chi connectivity index (χ2n) is 10.6. The first-order chi connectivity index (χ1) is 20.3. The third kappa shape index (κ3) is 4.04. The predicted molar refractivity (Wildman–Crippen MR) is 170 cm³/mol. The molecular weight excluding hydrogens is 496 g/mol. The number of rotatable bonds is 4. The maximum Gasteiger partial charge on any atom is 0.160 e. The van der Waals surface area contributed by atoms with Gasteiger partial charge in [0.05, 0.1) is 11.2 Å². The Morgan fingerprint density at radius 3 is 1.66 bits per heavy atom. The number of benzene rings is 6. The van der Waals surface area contributed by atoms with E-state index in [0.717, 1.165) is 40.0 Å². The Morgan fingerprint density at radius 2 is 0.927 bits per heavy atom. The Bertz CT molecular complexity index is 2060. The van der Waals surface area contributed by atoms with Gasteiger partial charge in [0.1, 0.15) is 0 Å². The van der Waals surface area contributed by atoms with Gasteiger partial charge in [-0.3, -0.25) is 0 Å². The normalized spacial score (nSPS) is 11.8. The fourth-order valence-electron chi connectivity index (χ4n) is 6.24. The summed E-state index contributed by atoms with van der Waals surface area (Å²) in [5.74, 6) is 0.742. The maximum atomic E-state index is 5.12. The van der Waals surface area contributed by atoms with Gasteiger partial charge >= 0.3 is 0 Å². The molecule has 1 aliphatic rings. The quantitative estimate of drug-likeness (QED) is 0.230. The Morgan fingerprint density at radius 1 is 0.390 bits per heavy atom. The van der Waals surface area contributed by atoms with Crippen molar-refractivity contribution in [3.8, 4) is 56.0 Å². The second kappa shape index (κ2) is 9.69. The highest BCUT2D eigenvalue weighted by atomic mass is 14.9. The van der Waals surface area contributed by atoms with Crippen LogP contribution in [0.3, 0.4) is 0 Å². The molecule has 0 saturated heterocycles. The molecule has 0 spiro atoms. The second-order valence-corrected chi connectivity index (χ2v) is 10.6. The molecule has 0 N–H and O–H groups in total. The number of hydrogen-bond acceptors (Lipinski definition) is 2. The molecule has 2 heteroatoms. The molecule has 0 unspecified atom stereocenters. The third-order valence-electron chi connectivity index (χ3n) is 8.16. The number of aromatic nitrogens is 2. The van der Waals surface area contributed by atoms with E-state index in [2.05, 4.69) is 133 Å². The van der Waals surface area contributed by atoms with Crippen LogP contribution in [0.25, 0.3) is 66.9 Å². The van der Waals surface area contributed by atoms with Crippen molar-refractivity contribution in [1.82, 2.24) is 9.97 Å². The van der Waals surface area contributed by atoms with Gasteiger partial charge in [0.15, 0.2) is 5.82 Å². The SMILES string of the molecule is c1ccc(-c2cccc3c2Cc2c(-c4cccc(-c5nc(-c6ccccc6)c6ccccc6n5)c4)cccc2-3)cc1. The fraction of sp³-hybridized carbons (Fsp3) is 0.0256. The van der Waals surface area contributed by atoms with Crippen molar-refractivity contribution in [3.63, 3.8) is 0 Å². The largest absolute Gasteiger partial charge is 0.228 e. The lowest BCUT2D eigenvalue weighted by molar-refractivity contribution is 1.23. The van der Waals surface area contributed by atoms with Crippen LogP contribution in [0.2, 0.25) is 0 Å². The van der Waals surface area contributed by atoms with Gasteiger partial charge in [-0.25, -0.2) is 9.97 Å². The van der Waals surface area contributed by atoms with Gasteiger partial charge < -0.3 is 0 Å². The minimum absolute atomic E-state index is 0.742. The molecule has 0 fully saturated rings. The molecule has 0 atom stereocenters. The summed E-state index contributed by atoms with van der Waals surface area (Å²) in [6, 6.07) is 51.5. The molecule has 1 heterocycles. The Kier molecular flexibility index (Phi) is 5.56. The summed E-state index contributed by atoms with van der Waals surface area (Å²) in [7, 11) is 0. The summed E-state index contributed by atoms with van der Waals surface area (Å²) in [4.78, 5) is 10.1. The molecule has 192 valence electrons. The van der Waals surface area contributed by atoms with Crippen LogP contribution in [0.4, 0.5) is 0 Å². The highest BCUT2D eigenvalue weighted by molar-refractivity contribution is 5.94. The van der Waals surface area contributed by atoms with Gasteiger partial charge in [-0.1, -0.05) is 133 Å². The van der Waals surface area contributed by atoms with Crippen molar-refractivity contribution in [2.45, 2.75) is 6.42 Å². The molecule has 2 nitrogen and oxygen atoms in total. The minimum atomic E-state index is 0.742. The van der Waals surface area contributed by atoms with Gasteiger partial charge in [0.2, 0.25) is 0 Å². The van der Waals surface area contributed by atoms with E-state index < -0.39 is 0 Å². The van der Waals surface area contributed by atoms with Crippen LogP contribution in [-0.2, 0) is 6.42 Å². The Hall–Kier alpha value is -5.34. The maximum absolute atomic E-state index is 5.12. The zero-order valence-electron chi connectivity index (χ0n) is 22.5. The predicted octanol–water partition coefficient (Wildman–Crippen LogP) is 9.87. The van der Waals surface area contributed by atoms with Gasteiger partial charge in [-0.2, -0.15) is 0 Å². The Labute approximate surface area is 239 Å². The average molecular weight is 523 g/mol. The van der Waals surface area contributed by atoms with Gasteiger partial charge in [-0.05, 0) is 63.1 Å². The van der Waals surface area contributed by atoms with Crippen molar-refractivity contribution in [2.75, 3.05) is 0 Å². The lowest BCUT2D eigenvalue weighted by atomic mass is 9.94. The van der Waals surface area contributed by atoms with Crippen LogP contribution in [0.5, 0.6) is 0 Å². The first-order valence-corrected chi connectivity index (χ1v) is 14.1. The molecule has 0 aliphatic heterocycles. The number of para-hydroxylation sites is 1. The Balaban J connectivity index is 1.24. The highest BCUT2D eigenvalue weighted by Gasteiger charge is 2.24. The van der Waals surface area contributed by atoms with Crippen molar-refractivity contribution in [1.29, 1.82) is 0 Å². The van der Waals surface area contributed by atoms with Gasteiger partial charge in [-0.15, -0.1) is 0 Å². The summed E-state index contributed by atoms with van der Waals surface area (Å²) < 4.78 is 0.